The average molecular weight is 398 g/mol. The van der Waals surface area contributed by atoms with E-state index >= 15 is 0 Å². The van der Waals surface area contributed by atoms with Crippen molar-refractivity contribution < 1.29 is 4.52 Å². The number of rotatable bonds is 7. The third-order valence-corrected chi connectivity index (χ3v) is 11.6. The van der Waals surface area contributed by atoms with Gasteiger partial charge in [0.05, 0.1) is 0 Å². The van der Waals surface area contributed by atoms with E-state index in [9.17, 15) is 0 Å². The molecule has 1 nitrogen and oxygen atoms in total. The van der Waals surface area contributed by atoms with Crippen LogP contribution in [0.2, 0.25) is 0 Å². The fourth-order valence-electron chi connectivity index (χ4n) is 4.44. The Morgan fingerprint density at radius 3 is 1.21 bits per heavy atom. The van der Waals surface area contributed by atoms with Crippen LogP contribution in [0.25, 0.3) is 0 Å². The molecule has 29 heavy (non-hydrogen) atoms. The summed E-state index contributed by atoms with van der Waals surface area (Å²) in [5.74, 6) is 0. The van der Waals surface area contributed by atoms with Crippen LogP contribution in [0.4, 0.5) is 0 Å². The second-order valence-electron chi connectivity index (χ2n) is 7.28. The normalized spacial score (nSPS) is 12.8. The summed E-state index contributed by atoms with van der Waals surface area (Å²) in [7, 11) is 0. The minimum atomic E-state index is -3.23. The Kier molecular flexibility index (Phi) is 5.62. The molecule has 0 aliphatic rings. The number of hydrogen-bond donors (Lipinski definition) is 0. The van der Waals surface area contributed by atoms with E-state index < -0.39 is 6.83 Å². The summed E-state index contributed by atoms with van der Waals surface area (Å²) in [5, 5.41) is 3.80. The van der Waals surface area contributed by atoms with Crippen LogP contribution < -0.4 is 15.9 Å². The van der Waals surface area contributed by atoms with Crippen LogP contribution in [0, 0.1) is 0 Å². The molecule has 0 atom stereocenters. The van der Waals surface area contributed by atoms with Crippen LogP contribution in [-0.4, -0.2) is 6.61 Å². The predicted molar refractivity (Wildman–Crippen MR) is 127 cm³/mol. The van der Waals surface area contributed by atoms with E-state index in [-0.39, 0.29) is 0 Å². The monoisotopic (exact) mass is 398 g/mol. The Hall–Kier alpha value is -2.73. The van der Waals surface area contributed by atoms with Crippen molar-refractivity contribution in [3.8, 4) is 0 Å². The fraction of sp³-hybridized carbons (Fsp3) is 0.111. The van der Waals surface area contributed by atoms with Crippen LogP contribution in [-0.2, 0) is 10.7 Å². The molecule has 0 fully saturated rings. The quantitative estimate of drug-likeness (QED) is 0.365. The van der Waals surface area contributed by atoms with E-state index in [0.717, 1.165) is 6.16 Å². The fourth-order valence-corrected chi connectivity index (χ4v) is 10.3. The molecule has 0 amide bonds. The average Bonchev–Trinajstić information content (AvgIpc) is 2.81. The molecule has 0 unspecified atom stereocenters. The first-order valence-corrected chi connectivity index (χ1v) is 12.5. The van der Waals surface area contributed by atoms with E-state index in [2.05, 4.69) is 128 Å². The van der Waals surface area contributed by atoms with Crippen LogP contribution in [0.5, 0.6) is 0 Å². The van der Waals surface area contributed by atoms with Gasteiger partial charge < -0.3 is 0 Å². The SMILES string of the molecule is CCOP(Cc1ccccc1)(c1ccccc1)(c1ccccc1)c1ccccc1. The first-order valence-electron chi connectivity index (χ1n) is 10.2. The van der Waals surface area contributed by atoms with Gasteiger partial charge >= 0.3 is 174 Å². The van der Waals surface area contributed by atoms with Crippen LogP contribution in [0.15, 0.2) is 121 Å². The van der Waals surface area contributed by atoms with Gasteiger partial charge in [0.15, 0.2) is 0 Å². The zero-order chi connectivity index (χ0) is 20.0. The van der Waals surface area contributed by atoms with Gasteiger partial charge in [-0.2, -0.15) is 0 Å². The van der Waals surface area contributed by atoms with Crippen molar-refractivity contribution in [3.63, 3.8) is 0 Å². The van der Waals surface area contributed by atoms with Gasteiger partial charge in [-0.25, -0.2) is 0 Å². The van der Waals surface area contributed by atoms with Gasteiger partial charge in [-0.1, -0.05) is 0 Å². The molecular weight excluding hydrogens is 371 g/mol. The van der Waals surface area contributed by atoms with Gasteiger partial charge in [0.2, 0.25) is 0 Å². The van der Waals surface area contributed by atoms with E-state index in [4.69, 9.17) is 4.52 Å². The Balaban J connectivity index is 2.16. The summed E-state index contributed by atoms with van der Waals surface area (Å²) in [5.41, 5.74) is 1.29. The molecule has 0 aliphatic carbocycles. The summed E-state index contributed by atoms with van der Waals surface area (Å²) in [4.78, 5) is 0. The molecule has 146 valence electrons. The number of hydrogen-bond acceptors (Lipinski definition) is 1. The molecule has 0 N–H and O–H groups in total. The van der Waals surface area contributed by atoms with Crippen molar-refractivity contribution >= 4 is 22.7 Å². The summed E-state index contributed by atoms with van der Waals surface area (Å²) in [6, 6.07) is 43.3. The second-order valence-corrected chi connectivity index (χ2v) is 11.8. The third kappa shape index (κ3) is 3.31. The standard InChI is InChI=1S/C27H27OP/c1-2-28-29(25-17-9-4-10-18-25,26-19-11-5-12-20-26,27-21-13-6-14-22-27)23-24-15-7-3-8-16-24/h3-22H,2,23H2,1H3. The van der Waals surface area contributed by atoms with Crippen molar-refractivity contribution in [2.75, 3.05) is 6.61 Å². The van der Waals surface area contributed by atoms with Crippen molar-refractivity contribution in [1.29, 1.82) is 0 Å². The maximum absolute atomic E-state index is 7.11. The molecule has 4 aromatic carbocycles. The molecule has 4 rings (SSSR count). The molecule has 0 saturated carbocycles. The molecule has 0 spiro atoms. The van der Waals surface area contributed by atoms with Gasteiger partial charge in [0.25, 0.3) is 0 Å². The Bertz CT molecular complexity index is 931. The molecule has 2 heteroatoms. The number of benzene rings is 4. The molecule has 0 radical (unpaired) electrons. The van der Waals surface area contributed by atoms with Gasteiger partial charge in [-0.05, 0) is 0 Å². The summed E-state index contributed by atoms with van der Waals surface area (Å²) in [6.45, 7) is -0.479. The van der Waals surface area contributed by atoms with Crippen molar-refractivity contribution in [2.24, 2.45) is 0 Å². The Labute approximate surface area is 174 Å². The topological polar surface area (TPSA) is 9.23 Å². The van der Waals surface area contributed by atoms with Gasteiger partial charge in [-0.3, -0.25) is 0 Å². The first-order chi connectivity index (χ1) is 14.3. The van der Waals surface area contributed by atoms with Crippen molar-refractivity contribution in [3.05, 3.63) is 127 Å². The zero-order valence-electron chi connectivity index (χ0n) is 16.8. The van der Waals surface area contributed by atoms with E-state index in [1.807, 2.05) is 0 Å². The third-order valence-electron chi connectivity index (χ3n) is 5.65. The Morgan fingerprint density at radius 2 is 0.862 bits per heavy atom. The van der Waals surface area contributed by atoms with Crippen LogP contribution in [0.3, 0.4) is 0 Å². The minimum absolute atomic E-state index is 0.642. The van der Waals surface area contributed by atoms with Gasteiger partial charge in [0, 0.05) is 0 Å². The van der Waals surface area contributed by atoms with Crippen molar-refractivity contribution in [1.82, 2.24) is 0 Å². The maximum atomic E-state index is 7.11. The molecule has 4 aromatic rings. The van der Waals surface area contributed by atoms with Crippen LogP contribution >= 0.6 is 6.83 Å². The second kappa shape index (κ2) is 8.33. The van der Waals surface area contributed by atoms with Gasteiger partial charge in [-0.15, -0.1) is 0 Å². The van der Waals surface area contributed by atoms with Gasteiger partial charge in [0.1, 0.15) is 0 Å². The van der Waals surface area contributed by atoms with E-state index in [1.54, 1.807) is 0 Å². The Morgan fingerprint density at radius 1 is 0.517 bits per heavy atom. The molecule has 0 aliphatic heterocycles. The van der Waals surface area contributed by atoms with Crippen LogP contribution in [0.1, 0.15) is 12.5 Å². The summed E-state index contributed by atoms with van der Waals surface area (Å²) < 4.78 is 7.11. The molecule has 0 bridgehead atoms. The molecular formula is C27H27OP. The predicted octanol–water partition coefficient (Wildman–Crippen LogP) is 5.67. The van der Waals surface area contributed by atoms with E-state index in [0.29, 0.717) is 6.61 Å². The summed E-state index contributed by atoms with van der Waals surface area (Å²) in [6.07, 6.45) is 0.832. The molecule has 0 aromatic heterocycles. The molecule has 0 saturated heterocycles. The summed E-state index contributed by atoms with van der Waals surface area (Å²) >= 11 is 0. The first kappa shape index (κ1) is 19.6. The van der Waals surface area contributed by atoms with Crippen molar-refractivity contribution in [2.45, 2.75) is 13.1 Å². The molecule has 0 heterocycles. The van der Waals surface area contributed by atoms with E-state index in [1.165, 1.54) is 21.5 Å². The zero-order valence-corrected chi connectivity index (χ0v) is 17.7.